The van der Waals surface area contributed by atoms with Crippen molar-refractivity contribution < 1.29 is 8.42 Å². The van der Waals surface area contributed by atoms with Crippen LogP contribution in [0.2, 0.25) is 0 Å². The Balaban J connectivity index is 2.61. The van der Waals surface area contributed by atoms with Gasteiger partial charge in [-0.2, -0.15) is 5.10 Å². The minimum absolute atomic E-state index is 0.00268. The quantitative estimate of drug-likeness (QED) is 0.610. The lowest BCUT2D eigenvalue weighted by molar-refractivity contribution is 0.512. The van der Waals surface area contributed by atoms with E-state index in [4.69, 9.17) is 0 Å². The minimum atomic E-state index is -3.46. The molecule has 1 unspecified atom stereocenters. The monoisotopic (exact) mass is 316 g/mol. The summed E-state index contributed by atoms with van der Waals surface area (Å²) in [6.07, 6.45) is 6.57. The molecular weight excluding hydrogens is 288 g/mol. The van der Waals surface area contributed by atoms with Gasteiger partial charge >= 0.3 is 0 Å². The maximum atomic E-state index is 12.3. The molecule has 0 fully saturated rings. The summed E-state index contributed by atoms with van der Waals surface area (Å²) in [7, 11) is -3.46. The van der Waals surface area contributed by atoms with Gasteiger partial charge in [-0.05, 0) is 32.4 Å². The van der Waals surface area contributed by atoms with Crippen LogP contribution in [0.3, 0.4) is 0 Å². The molecule has 0 aliphatic carbocycles. The first-order chi connectivity index (χ1) is 10.0. The Morgan fingerprint density at radius 1 is 1.33 bits per heavy atom. The second kappa shape index (κ2) is 9.17. The number of hydrogen-bond donors (Lipinski definition) is 2. The van der Waals surface area contributed by atoms with E-state index in [1.165, 1.54) is 6.20 Å². The van der Waals surface area contributed by atoms with E-state index in [1.807, 2.05) is 6.92 Å². The van der Waals surface area contributed by atoms with Gasteiger partial charge in [0.25, 0.3) is 0 Å². The van der Waals surface area contributed by atoms with Gasteiger partial charge in [-0.25, -0.2) is 13.1 Å². The lowest BCUT2D eigenvalue weighted by atomic mass is 10.1. The molecule has 2 N–H and O–H groups in total. The zero-order chi connectivity index (χ0) is 15.7. The summed E-state index contributed by atoms with van der Waals surface area (Å²) < 4.78 is 29.0. The van der Waals surface area contributed by atoms with Gasteiger partial charge in [-0.1, -0.05) is 27.2 Å². The van der Waals surface area contributed by atoms with Gasteiger partial charge in [-0.3, -0.25) is 4.68 Å². The highest BCUT2D eigenvalue weighted by Gasteiger charge is 2.20. The molecule has 0 saturated carbocycles. The molecule has 0 amide bonds. The van der Waals surface area contributed by atoms with Crippen LogP contribution in [-0.2, 0) is 16.6 Å². The van der Waals surface area contributed by atoms with Gasteiger partial charge in [0.2, 0.25) is 10.0 Å². The Hall–Kier alpha value is -0.920. The van der Waals surface area contributed by atoms with Crippen molar-refractivity contribution in [3.8, 4) is 0 Å². The second-order valence-corrected chi connectivity index (χ2v) is 6.88. The van der Waals surface area contributed by atoms with Crippen molar-refractivity contribution >= 4 is 10.0 Å². The normalized spacial score (nSPS) is 13.5. The molecule has 0 saturated heterocycles. The van der Waals surface area contributed by atoms with E-state index in [-0.39, 0.29) is 10.9 Å². The van der Waals surface area contributed by atoms with Crippen molar-refractivity contribution in [1.29, 1.82) is 0 Å². The zero-order valence-electron chi connectivity index (χ0n) is 13.3. The van der Waals surface area contributed by atoms with Crippen molar-refractivity contribution in [1.82, 2.24) is 19.8 Å². The number of sulfonamides is 1. The molecule has 1 heterocycles. The fraction of sp³-hybridized carbons (Fsp3) is 0.786. The third-order valence-electron chi connectivity index (χ3n) is 3.36. The molecule has 122 valence electrons. The van der Waals surface area contributed by atoms with Crippen molar-refractivity contribution in [2.75, 3.05) is 13.1 Å². The minimum Gasteiger partial charge on any atom is -0.317 e. The Morgan fingerprint density at radius 2 is 2.10 bits per heavy atom. The molecule has 1 rings (SSSR count). The molecule has 1 atom stereocenters. The molecule has 0 aliphatic rings. The molecule has 1 aromatic rings. The summed E-state index contributed by atoms with van der Waals surface area (Å²) in [5, 5.41) is 7.36. The van der Waals surface area contributed by atoms with E-state index >= 15 is 0 Å². The molecule has 21 heavy (non-hydrogen) atoms. The predicted molar refractivity (Wildman–Crippen MR) is 84.7 cm³/mol. The van der Waals surface area contributed by atoms with Gasteiger partial charge in [0.1, 0.15) is 4.90 Å². The molecule has 6 nitrogen and oxygen atoms in total. The summed E-state index contributed by atoms with van der Waals surface area (Å²) in [4.78, 5) is 0.250. The van der Waals surface area contributed by atoms with Crippen molar-refractivity contribution in [2.24, 2.45) is 0 Å². The van der Waals surface area contributed by atoms with E-state index in [2.05, 4.69) is 29.0 Å². The Bertz CT molecular complexity index is 499. The number of aromatic nitrogens is 2. The lowest BCUT2D eigenvalue weighted by Gasteiger charge is -2.15. The van der Waals surface area contributed by atoms with Crippen LogP contribution in [0.15, 0.2) is 17.3 Å². The summed E-state index contributed by atoms with van der Waals surface area (Å²) in [5.74, 6) is 0. The van der Waals surface area contributed by atoms with Gasteiger partial charge in [0.05, 0.1) is 6.20 Å². The maximum Gasteiger partial charge on any atom is 0.243 e. The molecule has 1 aromatic heterocycles. The Morgan fingerprint density at radius 3 is 2.71 bits per heavy atom. The third kappa shape index (κ3) is 6.15. The maximum absolute atomic E-state index is 12.3. The summed E-state index contributed by atoms with van der Waals surface area (Å²) in [6.45, 7) is 8.68. The first kappa shape index (κ1) is 18.1. The molecule has 0 aromatic carbocycles. The molecule has 7 heteroatoms. The van der Waals surface area contributed by atoms with E-state index < -0.39 is 10.0 Å². The average molecular weight is 316 g/mol. The number of nitrogens with one attached hydrogen (secondary N) is 2. The fourth-order valence-electron chi connectivity index (χ4n) is 2.13. The fourth-order valence-corrected chi connectivity index (χ4v) is 3.44. The van der Waals surface area contributed by atoms with E-state index in [0.29, 0.717) is 6.54 Å². The number of rotatable bonds is 11. The third-order valence-corrected chi connectivity index (χ3v) is 4.84. The van der Waals surface area contributed by atoms with Crippen LogP contribution < -0.4 is 10.0 Å². The smallest absolute Gasteiger partial charge is 0.243 e. The molecule has 0 radical (unpaired) electrons. The largest absolute Gasteiger partial charge is 0.317 e. The number of aryl methyl sites for hydroxylation is 1. The molecule has 0 bridgehead atoms. The van der Waals surface area contributed by atoms with Crippen LogP contribution in [0.5, 0.6) is 0 Å². The highest BCUT2D eigenvalue weighted by atomic mass is 32.2. The van der Waals surface area contributed by atoms with Crippen molar-refractivity contribution in [2.45, 2.75) is 63.9 Å². The first-order valence-electron chi connectivity index (χ1n) is 7.79. The standard InChI is InChI=1S/C14H28N4O2S/c1-4-8-13(5-2)17-21(19,20)14-11-16-18(12-14)10-7-9-15-6-3/h11-13,15,17H,4-10H2,1-3H3. The van der Waals surface area contributed by atoms with Crippen LogP contribution >= 0.6 is 0 Å². The zero-order valence-corrected chi connectivity index (χ0v) is 14.1. The van der Waals surface area contributed by atoms with Gasteiger partial charge in [-0.15, -0.1) is 0 Å². The molecular formula is C14H28N4O2S. The van der Waals surface area contributed by atoms with Gasteiger partial charge in [0.15, 0.2) is 0 Å². The van der Waals surface area contributed by atoms with Crippen LogP contribution in [0, 0.1) is 0 Å². The average Bonchev–Trinajstić information content (AvgIpc) is 2.92. The SMILES string of the molecule is CCCC(CC)NS(=O)(=O)c1cnn(CCCNCC)c1. The number of hydrogen-bond acceptors (Lipinski definition) is 4. The Labute approximate surface area is 128 Å². The Kier molecular flexibility index (Phi) is 7.92. The molecule has 0 aliphatic heterocycles. The highest BCUT2D eigenvalue weighted by molar-refractivity contribution is 7.89. The second-order valence-electron chi connectivity index (χ2n) is 5.16. The summed E-state index contributed by atoms with van der Waals surface area (Å²) in [5.41, 5.74) is 0. The van der Waals surface area contributed by atoms with Gasteiger partial charge < -0.3 is 5.32 Å². The molecule has 0 spiro atoms. The van der Waals surface area contributed by atoms with E-state index in [1.54, 1.807) is 10.9 Å². The number of nitrogens with zero attached hydrogens (tertiary/aromatic N) is 2. The van der Waals surface area contributed by atoms with Crippen LogP contribution in [0.1, 0.15) is 46.5 Å². The van der Waals surface area contributed by atoms with Crippen molar-refractivity contribution in [3.05, 3.63) is 12.4 Å². The lowest BCUT2D eigenvalue weighted by Crippen LogP contribution is -2.34. The predicted octanol–water partition coefficient (Wildman–Crippen LogP) is 1.74. The first-order valence-corrected chi connectivity index (χ1v) is 9.27. The van der Waals surface area contributed by atoms with E-state index in [0.717, 1.165) is 38.8 Å². The summed E-state index contributed by atoms with van der Waals surface area (Å²) >= 11 is 0. The van der Waals surface area contributed by atoms with E-state index in [9.17, 15) is 8.42 Å². The van der Waals surface area contributed by atoms with Crippen molar-refractivity contribution in [3.63, 3.8) is 0 Å². The highest BCUT2D eigenvalue weighted by Crippen LogP contribution is 2.11. The van der Waals surface area contributed by atoms with Gasteiger partial charge in [0, 0.05) is 18.8 Å². The summed E-state index contributed by atoms with van der Waals surface area (Å²) in [6, 6.07) is -0.00268. The van der Waals surface area contributed by atoms with Crippen LogP contribution in [0.25, 0.3) is 0 Å². The van der Waals surface area contributed by atoms with Crippen LogP contribution in [0.4, 0.5) is 0 Å². The van der Waals surface area contributed by atoms with Crippen LogP contribution in [-0.4, -0.2) is 37.3 Å². The topological polar surface area (TPSA) is 76.0 Å².